The molecule has 0 spiro atoms. The summed E-state index contributed by atoms with van der Waals surface area (Å²) in [6.45, 7) is 1.74. The summed E-state index contributed by atoms with van der Waals surface area (Å²) in [7, 11) is -0.779. The fraction of sp³-hybridized carbons (Fsp3) is 0.538. The number of hydrogen-bond acceptors (Lipinski definition) is 4. The van der Waals surface area contributed by atoms with Crippen LogP contribution in [0.15, 0.2) is 29.2 Å². The summed E-state index contributed by atoms with van der Waals surface area (Å²) in [5.74, 6) is -1.38. The lowest BCUT2D eigenvalue weighted by Crippen LogP contribution is -2.35. The van der Waals surface area contributed by atoms with Gasteiger partial charge in [-0.05, 0) is 32.6 Å². The van der Waals surface area contributed by atoms with Gasteiger partial charge in [0.25, 0.3) is 0 Å². The Hall–Kier alpha value is -1.12. The maximum atomic E-state index is 12.4. The SMILES string of the molecule is C[C@@H](c1ccccc1S(=O)(=O)CC(O)C(F)(F)F)N(C)C. The third kappa shape index (κ3) is 4.42. The minimum Gasteiger partial charge on any atom is -0.383 e. The van der Waals surface area contributed by atoms with Crippen LogP contribution < -0.4 is 0 Å². The highest BCUT2D eigenvalue weighted by molar-refractivity contribution is 7.91. The third-order valence-corrected chi connectivity index (χ3v) is 5.03. The molecule has 0 amide bonds. The van der Waals surface area contributed by atoms with Crippen molar-refractivity contribution in [3.8, 4) is 0 Å². The molecule has 0 fully saturated rings. The van der Waals surface area contributed by atoms with E-state index in [4.69, 9.17) is 5.11 Å². The molecule has 0 radical (unpaired) electrons. The van der Waals surface area contributed by atoms with Gasteiger partial charge < -0.3 is 10.0 Å². The molecule has 0 saturated heterocycles. The highest BCUT2D eigenvalue weighted by Gasteiger charge is 2.41. The van der Waals surface area contributed by atoms with E-state index in [1.807, 2.05) is 0 Å². The maximum Gasteiger partial charge on any atom is 0.415 e. The van der Waals surface area contributed by atoms with Gasteiger partial charge >= 0.3 is 6.18 Å². The van der Waals surface area contributed by atoms with Crippen molar-refractivity contribution >= 4 is 9.84 Å². The molecule has 0 aromatic heterocycles. The molecule has 1 aromatic carbocycles. The molecule has 1 N–H and O–H groups in total. The second kappa shape index (κ2) is 6.33. The first-order chi connectivity index (χ1) is 9.47. The van der Waals surface area contributed by atoms with Crippen LogP contribution in [-0.2, 0) is 9.84 Å². The van der Waals surface area contributed by atoms with Crippen molar-refractivity contribution in [3.05, 3.63) is 29.8 Å². The molecule has 2 atom stereocenters. The minimum atomic E-state index is -4.96. The molecular formula is C13H18F3NO3S. The van der Waals surface area contributed by atoms with Gasteiger partial charge in [-0.15, -0.1) is 0 Å². The number of aliphatic hydroxyl groups is 1. The quantitative estimate of drug-likeness (QED) is 0.900. The number of aliphatic hydroxyl groups excluding tert-OH is 1. The van der Waals surface area contributed by atoms with Gasteiger partial charge in [0.2, 0.25) is 0 Å². The van der Waals surface area contributed by atoms with Crippen LogP contribution in [0.25, 0.3) is 0 Å². The molecule has 0 aliphatic carbocycles. The van der Waals surface area contributed by atoms with Gasteiger partial charge in [-0.2, -0.15) is 13.2 Å². The Labute approximate surface area is 122 Å². The maximum absolute atomic E-state index is 12.4. The molecule has 1 unspecified atom stereocenters. The Morgan fingerprint density at radius 1 is 1.24 bits per heavy atom. The molecule has 21 heavy (non-hydrogen) atoms. The van der Waals surface area contributed by atoms with Gasteiger partial charge in [0.1, 0.15) is 0 Å². The number of halogens is 3. The van der Waals surface area contributed by atoms with Crippen molar-refractivity contribution in [1.82, 2.24) is 4.90 Å². The van der Waals surface area contributed by atoms with E-state index in [0.29, 0.717) is 5.56 Å². The molecule has 120 valence electrons. The standard InChI is InChI=1S/C13H18F3NO3S/c1-9(17(2)3)10-6-4-5-7-11(10)21(19,20)8-12(18)13(14,15)16/h4-7,9,12,18H,8H2,1-3H3/t9-,12?/m0/s1. The first kappa shape index (κ1) is 17.9. The number of benzene rings is 1. The predicted molar refractivity (Wildman–Crippen MR) is 72.7 cm³/mol. The van der Waals surface area contributed by atoms with E-state index in [9.17, 15) is 21.6 Å². The fourth-order valence-corrected chi connectivity index (χ4v) is 3.45. The summed E-state index contributed by atoms with van der Waals surface area (Å²) in [6.07, 6.45) is -7.86. The molecule has 0 bridgehead atoms. The van der Waals surface area contributed by atoms with Crippen molar-refractivity contribution < 1.29 is 26.7 Å². The smallest absolute Gasteiger partial charge is 0.383 e. The lowest BCUT2D eigenvalue weighted by atomic mass is 10.1. The third-order valence-electron chi connectivity index (χ3n) is 3.23. The van der Waals surface area contributed by atoms with Crippen molar-refractivity contribution in [3.63, 3.8) is 0 Å². The van der Waals surface area contributed by atoms with Gasteiger partial charge in [-0.1, -0.05) is 18.2 Å². The van der Waals surface area contributed by atoms with E-state index in [1.165, 1.54) is 12.1 Å². The number of hydrogen-bond donors (Lipinski definition) is 1. The van der Waals surface area contributed by atoms with Crippen molar-refractivity contribution in [2.24, 2.45) is 0 Å². The van der Waals surface area contributed by atoms with Gasteiger partial charge in [0, 0.05) is 6.04 Å². The number of nitrogens with zero attached hydrogens (tertiary/aromatic N) is 1. The van der Waals surface area contributed by atoms with Gasteiger partial charge in [-0.25, -0.2) is 8.42 Å². The summed E-state index contributed by atoms with van der Waals surface area (Å²) < 4.78 is 61.4. The van der Waals surface area contributed by atoms with Crippen LogP contribution in [0.2, 0.25) is 0 Å². The molecule has 4 nitrogen and oxygen atoms in total. The van der Waals surface area contributed by atoms with E-state index < -0.39 is 27.9 Å². The summed E-state index contributed by atoms with van der Waals surface area (Å²) in [5, 5.41) is 9.01. The van der Waals surface area contributed by atoms with E-state index >= 15 is 0 Å². The van der Waals surface area contributed by atoms with Crippen molar-refractivity contribution in [2.45, 2.75) is 30.1 Å². The highest BCUT2D eigenvalue weighted by Crippen LogP contribution is 2.28. The summed E-state index contributed by atoms with van der Waals surface area (Å²) in [5.41, 5.74) is 0.400. The van der Waals surface area contributed by atoms with Crippen LogP contribution in [0.4, 0.5) is 13.2 Å². The van der Waals surface area contributed by atoms with Crippen LogP contribution >= 0.6 is 0 Å². The Morgan fingerprint density at radius 2 is 1.76 bits per heavy atom. The number of alkyl halides is 3. The molecule has 1 aromatic rings. The Kier molecular flexibility index (Phi) is 5.40. The normalized spacial score (nSPS) is 16.0. The second-order valence-corrected chi connectivity index (χ2v) is 7.02. The molecular weight excluding hydrogens is 307 g/mol. The monoisotopic (exact) mass is 325 g/mol. The number of sulfone groups is 1. The first-order valence-electron chi connectivity index (χ1n) is 6.19. The van der Waals surface area contributed by atoms with Gasteiger partial charge in [0.15, 0.2) is 15.9 Å². The van der Waals surface area contributed by atoms with Crippen LogP contribution in [0.3, 0.4) is 0 Å². The highest BCUT2D eigenvalue weighted by atomic mass is 32.2. The molecule has 1 rings (SSSR count). The van der Waals surface area contributed by atoms with Gasteiger partial charge in [-0.3, -0.25) is 0 Å². The average molecular weight is 325 g/mol. The number of rotatable bonds is 5. The molecule has 0 aliphatic rings. The first-order valence-corrected chi connectivity index (χ1v) is 7.85. The van der Waals surface area contributed by atoms with E-state index in [1.54, 1.807) is 38.1 Å². The fourth-order valence-electron chi connectivity index (χ4n) is 1.78. The molecule has 0 heterocycles. The second-order valence-electron chi connectivity index (χ2n) is 5.02. The zero-order chi connectivity index (χ0) is 16.4. The van der Waals surface area contributed by atoms with Crippen molar-refractivity contribution in [2.75, 3.05) is 19.8 Å². The predicted octanol–water partition coefficient (Wildman–Crippen LogP) is 2.01. The summed E-state index contributed by atoms with van der Waals surface area (Å²) in [6, 6.07) is 5.58. The molecule has 8 heteroatoms. The van der Waals surface area contributed by atoms with Crippen LogP contribution in [0, 0.1) is 0 Å². The van der Waals surface area contributed by atoms with E-state index in [0.717, 1.165) is 0 Å². The minimum absolute atomic E-state index is 0.186. The molecule has 0 saturated carbocycles. The van der Waals surface area contributed by atoms with Crippen LogP contribution in [0.1, 0.15) is 18.5 Å². The zero-order valence-corrected chi connectivity index (χ0v) is 12.7. The van der Waals surface area contributed by atoms with Crippen LogP contribution in [0.5, 0.6) is 0 Å². The molecule has 0 aliphatic heterocycles. The average Bonchev–Trinajstić information content (AvgIpc) is 2.36. The lowest BCUT2D eigenvalue weighted by Gasteiger charge is -2.23. The van der Waals surface area contributed by atoms with Crippen LogP contribution in [-0.4, -0.2) is 50.6 Å². The Morgan fingerprint density at radius 3 is 2.24 bits per heavy atom. The lowest BCUT2D eigenvalue weighted by molar-refractivity contribution is -0.196. The van der Waals surface area contributed by atoms with E-state index in [2.05, 4.69) is 0 Å². The largest absolute Gasteiger partial charge is 0.415 e. The summed E-state index contributed by atoms with van der Waals surface area (Å²) >= 11 is 0. The van der Waals surface area contributed by atoms with Gasteiger partial charge in [0.05, 0.1) is 10.6 Å². The summed E-state index contributed by atoms with van der Waals surface area (Å²) in [4.78, 5) is 1.56. The topological polar surface area (TPSA) is 57.6 Å². The zero-order valence-electron chi connectivity index (χ0n) is 11.9. The Bertz CT molecular complexity index is 585. The Balaban J connectivity index is 3.21. The van der Waals surface area contributed by atoms with Crippen molar-refractivity contribution in [1.29, 1.82) is 0 Å². The van der Waals surface area contributed by atoms with E-state index in [-0.39, 0.29) is 10.9 Å².